The minimum absolute atomic E-state index is 0.0244. The average molecular weight is 794 g/mol. The van der Waals surface area contributed by atoms with Crippen LogP contribution in [0.15, 0.2) is 60.7 Å². The Morgan fingerprint density at radius 2 is 1.30 bits per heavy atom. The zero-order valence-electron chi connectivity index (χ0n) is 33.0. The van der Waals surface area contributed by atoms with Crippen LogP contribution in [-0.2, 0) is 46.4 Å². The van der Waals surface area contributed by atoms with Gasteiger partial charge >= 0.3 is 17.9 Å². The largest absolute Gasteiger partial charge is 0.480 e. The fourth-order valence-electron chi connectivity index (χ4n) is 7.18. The van der Waals surface area contributed by atoms with Crippen molar-refractivity contribution in [3.05, 3.63) is 71.8 Å². The Balaban J connectivity index is 1.81. The third kappa shape index (κ3) is 15.8. The summed E-state index contributed by atoms with van der Waals surface area (Å²) in [6.07, 6.45) is 1.37. The number of benzene rings is 2. The fraction of sp³-hybridized carbons (Fsp3) is 0.548. The monoisotopic (exact) mass is 793 g/mol. The number of carboxylic acids is 3. The molecule has 2 aromatic carbocycles. The Labute approximate surface area is 334 Å². The van der Waals surface area contributed by atoms with E-state index in [1.54, 1.807) is 0 Å². The molecule has 15 nitrogen and oxygen atoms in total. The van der Waals surface area contributed by atoms with Crippen LogP contribution < -0.4 is 16.8 Å². The van der Waals surface area contributed by atoms with E-state index in [-0.39, 0.29) is 88.0 Å². The van der Waals surface area contributed by atoms with Crippen LogP contribution in [0.5, 0.6) is 0 Å². The van der Waals surface area contributed by atoms with Gasteiger partial charge in [0.15, 0.2) is 11.6 Å². The van der Waals surface area contributed by atoms with E-state index in [0.29, 0.717) is 19.3 Å². The van der Waals surface area contributed by atoms with Crippen molar-refractivity contribution in [3.63, 3.8) is 0 Å². The molecule has 2 amide bonds. The predicted octanol–water partition coefficient (Wildman–Crippen LogP) is 2.53. The molecule has 0 saturated carbocycles. The molecule has 0 radical (unpaired) electrons. The van der Waals surface area contributed by atoms with E-state index in [2.05, 4.69) is 5.32 Å². The maximum absolute atomic E-state index is 14.2. The van der Waals surface area contributed by atoms with Gasteiger partial charge in [-0.25, -0.2) is 0 Å². The number of rotatable bonds is 25. The maximum atomic E-state index is 14.2. The smallest absolute Gasteiger partial charge is 0.323 e. The molecule has 0 aromatic heterocycles. The number of carboxylic acid groups (broad SMARTS) is 3. The Morgan fingerprint density at radius 1 is 0.772 bits per heavy atom. The van der Waals surface area contributed by atoms with Gasteiger partial charge in [0.1, 0.15) is 5.54 Å². The number of nitrogens with two attached hydrogens (primary N) is 2. The van der Waals surface area contributed by atoms with E-state index >= 15 is 0 Å². The van der Waals surface area contributed by atoms with Crippen LogP contribution in [0.1, 0.15) is 76.3 Å². The van der Waals surface area contributed by atoms with Gasteiger partial charge in [-0.2, -0.15) is 0 Å². The van der Waals surface area contributed by atoms with Gasteiger partial charge < -0.3 is 37.0 Å². The maximum Gasteiger partial charge on any atom is 0.323 e. The zero-order chi connectivity index (χ0) is 42.1. The fourth-order valence-corrected chi connectivity index (χ4v) is 7.18. The number of carbonyl (C=O) groups is 7. The summed E-state index contributed by atoms with van der Waals surface area (Å²) in [6, 6.07) is 16.7. The lowest BCUT2D eigenvalue weighted by atomic mass is 9.86. The van der Waals surface area contributed by atoms with E-state index < -0.39 is 66.4 Å². The number of hydrogen-bond donors (Lipinski definition) is 6. The summed E-state index contributed by atoms with van der Waals surface area (Å²) < 4.78 is 0. The number of Topliss-reactive ketones (excluding diaryl/α,β-unsaturated/α-hetero) is 2. The minimum atomic E-state index is -1.48. The average Bonchev–Trinajstić information content (AvgIpc) is 3.15. The molecule has 0 unspecified atom stereocenters. The number of piperidine rings is 1. The van der Waals surface area contributed by atoms with Gasteiger partial charge in [0, 0.05) is 37.8 Å². The third-order valence-corrected chi connectivity index (χ3v) is 10.5. The summed E-state index contributed by atoms with van der Waals surface area (Å²) in [5.74, 6) is -6.76. The van der Waals surface area contributed by atoms with Gasteiger partial charge in [0.2, 0.25) is 11.8 Å². The van der Waals surface area contributed by atoms with Crippen molar-refractivity contribution in [1.82, 2.24) is 15.1 Å². The van der Waals surface area contributed by atoms with Crippen molar-refractivity contribution in [2.45, 2.75) is 95.7 Å². The second-order valence-electron chi connectivity index (χ2n) is 15.7. The molecular formula is C42H59N5O10. The number of nitrogens with zero attached hydrogens (tertiary/aromatic N) is 2. The summed E-state index contributed by atoms with van der Waals surface area (Å²) in [6.45, 7) is 3.13. The molecule has 8 N–H and O–H groups in total. The van der Waals surface area contributed by atoms with Crippen LogP contribution in [0.3, 0.4) is 0 Å². The lowest BCUT2D eigenvalue weighted by molar-refractivity contribution is -0.149. The van der Waals surface area contributed by atoms with Gasteiger partial charge in [-0.1, -0.05) is 80.9 Å². The van der Waals surface area contributed by atoms with Crippen molar-refractivity contribution < 1.29 is 48.9 Å². The number of hydrogen-bond acceptors (Lipinski definition) is 10. The normalized spacial score (nSPS) is 16.0. The number of ketones is 2. The van der Waals surface area contributed by atoms with Gasteiger partial charge in [-0.3, -0.25) is 38.5 Å². The molecule has 0 aliphatic carbocycles. The number of amides is 2. The van der Waals surface area contributed by atoms with E-state index in [4.69, 9.17) is 11.5 Å². The SMILES string of the molecule is CC(C)C[C@@H](NC(=O)[C@H](CC(=O)[C@H](N)Cc1ccccc1)Cc1ccccc1)C(=O)C[C@H](CCCCN(CC(=O)O)CC(=O)O)C(=O)N1CCC(N)(C(=O)O)CC1. The van der Waals surface area contributed by atoms with Crippen molar-refractivity contribution in [2.75, 3.05) is 32.7 Å². The third-order valence-electron chi connectivity index (χ3n) is 10.5. The summed E-state index contributed by atoms with van der Waals surface area (Å²) in [5.41, 5.74) is 12.6. The number of aliphatic carboxylic acids is 3. The zero-order valence-corrected chi connectivity index (χ0v) is 33.0. The molecule has 57 heavy (non-hydrogen) atoms. The standard InChI is InChI=1S/C42H59N5O10/c1-28(2)21-34(45-39(54)32(22-29-11-5-3-6-12-29)25-35(48)33(43)23-30-13-7-4-8-14-30)36(49)24-31(15-9-10-18-46(26-37(50)51)27-38(52)53)40(55)47-19-16-42(44,17-20-47)41(56)57/h3-8,11-14,28,31-34H,9-10,15-27,43-44H2,1-2H3,(H,45,54)(H,50,51)(H,52,53)(H,56,57)/t31-,32-,33+,34+/m0/s1. The molecular weight excluding hydrogens is 734 g/mol. The highest BCUT2D eigenvalue weighted by Crippen LogP contribution is 2.26. The van der Waals surface area contributed by atoms with Crippen molar-refractivity contribution in [2.24, 2.45) is 29.2 Å². The van der Waals surface area contributed by atoms with E-state index in [1.807, 2.05) is 74.5 Å². The highest BCUT2D eigenvalue weighted by molar-refractivity contribution is 5.95. The predicted molar refractivity (Wildman–Crippen MR) is 212 cm³/mol. The topological polar surface area (TPSA) is 251 Å². The van der Waals surface area contributed by atoms with Crippen LogP contribution in [0.2, 0.25) is 0 Å². The number of nitrogens with one attached hydrogen (secondary N) is 1. The van der Waals surface area contributed by atoms with E-state index in [9.17, 15) is 48.9 Å². The molecule has 1 aliphatic rings. The minimum Gasteiger partial charge on any atom is -0.480 e. The number of unbranched alkanes of at least 4 members (excludes halogenated alkanes) is 1. The van der Waals surface area contributed by atoms with E-state index in [0.717, 1.165) is 11.1 Å². The van der Waals surface area contributed by atoms with Gasteiger partial charge in [0.25, 0.3) is 0 Å². The molecule has 0 bridgehead atoms. The summed E-state index contributed by atoms with van der Waals surface area (Å²) >= 11 is 0. The Kier molecular flexibility index (Phi) is 18.5. The van der Waals surface area contributed by atoms with Gasteiger partial charge in [-0.15, -0.1) is 0 Å². The van der Waals surface area contributed by atoms with Crippen LogP contribution in [-0.4, -0.2) is 117 Å². The molecule has 1 aliphatic heterocycles. The molecule has 1 heterocycles. The highest BCUT2D eigenvalue weighted by atomic mass is 16.4. The van der Waals surface area contributed by atoms with Crippen LogP contribution in [0, 0.1) is 17.8 Å². The van der Waals surface area contributed by atoms with Gasteiger partial charge in [0.05, 0.1) is 25.2 Å². The number of carbonyl (C=O) groups excluding carboxylic acids is 4. The van der Waals surface area contributed by atoms with E-state index in [1.165, 1.54) is 9.80 Å². The highest BCUT2D eigenvalue weighted by Gasteiger charge is 2.40. The lowest BCUT2D eigenvalue weighted by Gasteiger charge is -2.38. The van der Waals surface area contributed by atoms with Crippen LogP contribution in [0.25, 0.3) is 0 Å². The first-order chi connectivity index (χ1) is 27.0. The molecule has 2 aromatic rings. The van der Waals surface area contributed by atoms with Gasteiger partial charge in [-0.05, 0) is 68.5 Å². The Hall–Kier alpha value is -4.99. The molecule has 1 fully saturated rings. The second-order valence-corrected chi connectivity index (χ2v) is 15.7. The summed E-state index contributed by atoms with van der Waals surface area (Å²) in [7, 11) is 0. The van der Waals surface area contributed by atoms with Crippen LogP contribution in [0.4, 0.5) is 0 Å². The number of likely N-dealkylation sites (tertiary alicyclic amines) is 1. The van der Waals surface area contributed by atoms with Crippen LogP contribution >= 0.6 is 0 Å². The molecule has 4 atom stereocenters. The molecule has 15 heteroatoms. The summed E-state index contributed by atoms with van der Waals surface area (Å²) in [5, 5.41) is 31.0. The molecule has 1 saturated heterocycles. The molecule has 312 valence electrons. The molecule has 3 rings (SSSR count). The first-order valence-corrected chi connectivity index (χ1v) is 19.6. The molecule has 0 spiro atoms. The second kappa shape index (κ2) is 22.7. The summed E-state index contributed by atoms with van der Waals surface area (Å²) in [4.78, 5) is 92.8. The lowest BCUT2D eigenvalue weighted by Crippen LogP contribution is -2.57. The first kappa shape index (κ1) is 46.4. The van der Waals surface area contributed by atoms with Crippen molar-refractivity contribution in [1.29, 1.82) is 0 Å². The first-order valence-electron chi connectivity index (χ1n) is 19.6. The Morgan fingerprint density at radius 3 is 1.81 bits per heavy atom. The van der Waals surface area contributed by atoms with Crippen molar-refractivity contribution >= 4 is 41.3 Å². The Bertz CT molecular complexity index is 1650. The quantitative estimate of drug-likeness (QED) is 0.0792. The van der Waals surface area contributed by atoms with Crippen molar-refractivity contribution in [3.8, 4) is 0 Å².